The first-order chi connectivity index (χ1) is 4.84. The summed E-state index contributed by atoms with van der Waals surface area (Å²) in [4.78, 5) is 0. The van der Waals surface area contributed by atoms with Crippen molar-refractivity contribution in [1.29, 1.82) is 0 Å². The van der Waals surface area contributed by atoms with Crippen molar-refractivity contribution in [2.45, 2.75) is 0 Å². The van der Waals surface area contributed by atoms with Crippen molar-refractivity contribution in [2.75, 3.05) is 4.43 Å². The van der Waals surface area contributed by atoms with Gasteiger partial charge in [-0.05, 0) is 11.1 Å². The van der Waals surface area contributed by atoms with Crippen LogP contribution in [0.4, 0.5) is 0 Å². The van der Waals surface area contributed by atoms with Gasteiger partial charge in [0, 0.05) is 4.43 Å². The zero-order valence-electron chi connectivity index (χ0n) is 5.68. The molecule has 0 bridgehead atoms. The van der Waals surface area contributed by atoms with Gasteiger partial charge in [0.15, 0.2) is 0 Å². The van der Waals surface area contributed by atoms with Gasteiger partial charge in [0.25, 0.3) is 0 Å². The van der Waals surface area contributed by atoms with E-state index in [4.69, 9.17) is 0 Å². The minimum Gasteiger partial charge on any atom is -0.0945 e. The first-order valence-corrected chi connectivity index (χ1v) is 4.66. The van der Waals surface area contributed by atoms with Gasteiger partial charge in [0.2, 0.25) is 0 Å². The molecule has 10 heavy (non-hydrogen) atoms. The Morgan fingerprint density at radius 2 is 1.90 bits per heavy atom. The molecule has 0 fully saturated rings. The standard InChI is InChI=1S/C9H9I/c1-8(7-10)9-5-3-2-4-6-9/h2-6H,1,7H2. The summed E-state index contributed by atoms with van der Waals surface area (Å²) in [6, 6.07) is 10.3. The third-order valence-corrected chi connectivity index (χ3v) is 2.26. The van der Waals surface area contributed by atoms with E-state index < -0.39 is 0 Å². The van der Waals surface area contributed by atoms with Gasteiger partial charge in [-0.3, -0.25) is 0 Å². The molecule has 0 saturated carbocycles. The van der Waals surface area contributed by atoms with E-state index in [2.05, 4.69) is 41.3 Å². The SMILES string of the molecule is C=C(CI)c1ccccc1. The molecule has 0 aliphatic carbocycles. The molecule has 0 atom stereocenters. The molecule has 0 saturated heterocycles. The smallest absolute Gasteiger partial charge is 0.0247 e. The number of alkyl halides is 1. The van der Waals surface area contributed by atoms with E-state index in [1.165, 1.54) is 11.1 Å². The molecule has 0 heterocycles. The van der Waals surface area contributed by atoms with Gasteiger partial charge in [-0.25, -0.2) is 0 Å². The molecule has 0 aromatic heterocycles. The van der Waals surface area contributed by atoms with E-state index in [0.717, 1.165) is 4.43 Å². The first-order valence-electron chi connectivity index (χ1n) is 3.14. The third kappa shape index (κ3) is 1.84. The second-order valence-corrected chi connectivity index (χ2v) is 2.87. The minimum atomic E-state index is 1.00. The van der Waals surface area contributed by atoms with Crippen LogP contribution in [0.5, 0.6) is 0 Å². The maximum absolute atomic E-state index is 3.94. The van der Waals surface area contributed by atoms with Crippen LogP contribution in [0.1, 0.15) is 5.56 Å². The Balaban J connectivity index is 2.85. The van der Waals surface area contributed by atoms with Gasteiger partial charge in [-0.2, -0.15) is 0 Å². The summed E-state index contributed by atoms with van der Waals surface area (Å²) in [5.41, 5.74) is 2.44. The Bertz CT molecular complexity index is 213. The van der Waals surface area contributed by atoms with Gasteiger partial charge < -0.3 is 0 Å². The lowest BCUT2D eigenvalue weighted by Crippen LogP contribution is -1.80. The quantitative estimate of drug-likeness (QED) is 0.553. The van der Waals surface area contributed by atoms with E-state index in [9.17, 15) is 0 Å². The van der Waals surface area contributed by atoms with Gasteiger partial charge in [-0.15, -0.1) is 0 Å². The van der Waals surface area contributed by atoms with Crippen molar-refractivity contribution in [3.8, 4) is 0 Å². The lowest BCUT2D eigenvalue weighted by Gasteiger charge is -1.98. The average molecular weight is 244 g/mol. The molecule has 0 spiro atoms. The van der Waals surface area contributed by atoms with Crippen molar-refractivity contribution < 1.29 is 0 Å². The number of hydrogen-bond acceptors (Lipinski definition) is 0. The fraction of sp³-hybridized carbons (Fsp3) is 0.111. The number of benzene rings is 1. The highest BCUT2D eigenvalue weighted by molar-refractivity contribution is 14.1. The molecule has 0 aliphatic heterocycles. The van der Waals surface area contributed by atoms with Crippen molar-refractivity contribution >= 4 is 28.2 Å². The lowest BCUT2D eigenvalue weighted by molar-refractivity contribution is 1.60. The van der Waals surface area contributed by atoms with Crippen LogP contribution >= 0.6 is 22.6 Å². The maximum Gasteiger partial charge on any atom is 0.0247 e. The lowest BCUT2D eigenvalue weighted by atomic mass is 10.1. The van der Waals surface area contributed by atoms with Gasteiger partial charge in [-0.1, -0.05) is 59.5 Å². The molecule has 1 aromatic rings. The van der Waals surface area contributed by atoms with Gasteiger partial charge in [0.05, 0.1) is 0 Å². The highest BCUT2D eigenvalue weighted by atomic mass is 127. The molecule has 0 N–H and O–H groups in total. The number of halogens is 1. The molecule has 0 unspecified atom stereocenters. The minimum absolute atomic E-state index is 1.00. The Morgan fingerprint density at radius 1 is 1.30 bits per heavy atom. The van der Waals surface area contributed by atoms with E-state index >= 15 is 0 Å². The van der Waals surface area contributed by atoms with E-state index in [-0.39, 0.29) is 0 Å². The molecule has 0 radical (unpaired) electrons. The molecule has 0 nitrogen and oxygen atoms in total. The highest BCUT2D eigenvalue weighted by Gasteiger charge is 1.92. The molecule has 0 amide bonds. The summed E-state index contributed by atoms with van der Waals surface area (Å²) in [6.07, 6.45) is 0. The number of hydrogen-bond donors (Lipinski definition) is 0. The van der Waals surface area contributed by atoms with Crippen LogP contribution in [0.2, 0.25) is 0 Å². The van der Waals surface area contributed by atoms with Crippen LogP contribution < -0.4 is 0 Å². The second kappa shape index (κ2) is 3.76. The fourth-order valence-electron chi connectivity index (χ4n) is 0.751. The Morgan fingerprint density at radius 3 is 2.40 bits per heavy atom. The van der Waals surface area contributed by atoms with Gasteiger partial charge >= 0.3 is 0 Å². The van der Waals surface area contributed by atoms with Crippen LogP contribution in [-0.2, 0) is 0 Å². The van der Waals surface area contributed by atoms with Crippen LogP contribution in [0, 0.1) is 0 Å². The topological polar surface area (TPSA) is 0 Å². The van der Waals surface area contributed by atoms with Crippen LogP contribution in [0.25, 0.3) is 5.57 Å². The zero-order valence-corrected chi connectivity index (χ0v) is 7.84. The summed E-state index contributed by atoms with van der Waals surface area (Å²) in [5.74, 6) is 0. The summed E-state index contributed by atoms with van der Waals surface area (Å²) < 4.78 is 1.00. The summed E-state index contributed by atoms with van der Waals surface area (Å²) >= 11 is 2.32. The van der Waals surface area contributed by atoms with Crippen LogP contribution in [0.15, 0.2) is 36.9 Å². The van der Waals surface area contributed by atoms with E-state index in [1.54, 1.807) is 0 Å². The van der Waals surface area contributed by atoms with Crippen molar-refractivity contribution in [3.63, 3.8) is 0 Å². The Kier molecular flexibility index (Phi) is 2.93. The van der Waals surface area contributed by atoms with Crippen molar-refractivity contribution in [1.82, 2.24) is 0 Å². The number of allylic oxidation sites excluding steroid dienone is 1. The Labute approximate surface area is 75.1 Å². The Hall–Kier alpha value is -0.310. The van der Waals surface area contributed by atoms with E-state index in [1.807, 2.05) is 18.2 Å². The maximum atomic E-state index is 3.94. The van der Waals surface area contributed by atoms with Crippen LogP contribution in [0.3, 0.4) is 0 Å². The van der Waals surface area contributed by atoms with Gasteiger partial charge in [0.1, 0.15) is 0 Å². The molecule has 0 aliphatic rings. The highest BCUT2D eigenvalue weighted by Crippen LogP contribution is 2.13. The normalized spacial score (nSPS) is 9.30. The monoisotopic (exact) mass is 244 g/mol. The largest absolute Gasteiger partial charge is 0.0945 e. The molecule has 1 heteroatoms. The summed E-state index contributed by atoms with van der Waals surface area (Å²) in [5, 5.41) is 0. The molecule has 1 aromatic carbocycles. The second-order valence-electron chi connectivity index (χ2n) is 2.10. The van der Waals surface area contributed by atoms with E-state index in [0.29, 0.717) is 0 Å². The van der Waals surface area contributed by atoms with Crippen molar-refractivity contribution in [3.05, 3.63) is 42.5 Å². The fourth-order valence-corrected chi connectivity index (χ4v) is 1.19. The molecule has 1 rings (SSSR count). The summed E-state index contributed by atoms with van der Waals surface area (Å²) in [7, 11) is 0. The van der Waals surface area contributed by atoms with Crippen LogP contribution in [-0.4, -0.2) is 4.43 Å². The zero-order chi connectivity index (χ0) is 7.40. The predicted molar refractivity (Wildman–Crippen MR) is 54.4 cm³/mol. The molecule has 52 valence electrons. The molecular formula is C9H9I. The average Bonchev–Trinajstić information content (AvgIpc) is 2.05. The predicted octanol–water partition coefficient (Wildman–Crippen LogP) is 3.13. The number of rotatable bonds is 2. The third-order valence-electron chi connectivity index (χ3n) is 1.34. The molecular weight excluding hydrogens is 235 g/mol. The van der Waals surface area contributed by atoms with Crippen molar-refractivity contribution in [2.24, 2.45) is 0 Å². The summed E-state index contributed by atoms with van der Waals surface area (Å²) in [6.45, 7) is 3.94. The first kappa shape index (κ1) is 7.79.